The first-order chi connectivity index (χ1) is 8.70. The molecule has 0 unspecified atom stereocenters. The third-order valence-corrected chi connectivity index (χ3v) is 2.78. The highest BCUT2D eigenvalue weighted by molar-refractivity contribution is 5.93. The lowest BCUT2D eigenvalue weighted by Crippen LogP contribution is -2.41. The Hall–Kier alpha value is -1.92. The number of nitrogens with zero attached hydrogens (tertiary/aromatic N) is 1. The van der Waals surface area contributed by atoms with E-state index < -0.39 is 0 Å². The maximum atomic E-state index is 11.6. The van der Waals surface area contributed by atoms with Gasteiger partial charge in [0, 0.05) is 18.7 Å². The third-order valence-electron chi connectivity index (χ3n) is 2.78. The van der Waals surface area contributed by atoms with Gasteiger partial charge in [-0.2, -0.15) is 0 Å². The molecule has 0 bridgehead atoms. The van der Waals surface area contributed by atoms with Crippen LogP contribution in [0.3, 0.4) is 0 Å². The van der Waals surface area contributed by atoms with E-state index in [9.17, 15) is 9.59 Å². The van der Waals surface area contributed by atoms with E-state index >= 15 is 0 Å². The zero-order valence-corrected chi connectivity index (χ0v) is 9.89. The summed E-state index contributed by atoms with van der Waals surface area (Å²) in [6.07, 6.45) is 0. The van der Waals surface area contributed by atoms with E-state index in [2.05, 4.69) is 5.43 Å². The van der Waals surface area contributed by atoms with Crippen molar-refractivity contribution in [2.24, 2.45) is 5.84 Å². The molecule has 0 spiro atoms. The van der Waals surface area contributed by atoms with Crippen LogP contribution in [-0.4, -0.2) is 36.5 Å². The van der Waals surface area contributed by atoms with Gasteiger partial charge in [-0.3, -0.25) is 15.0 Å². The van der Waals surface area contributed by atoms with Gasteiger partial charge in [-0.1, -0.05) is 12.1 Å². The molecule has 3 N–H and O–H groups in total. The topological polar surface area (TPSA) is 84.7 Å². The average Bonchev–Trinajstić information content (AvgIpc) is 2.41. The fourth-order valence-corrected chi connectivity index (χ4v) is 1.83. The van der Waals surface area contributed by atoms with E-state index in [1.165, 1.54) is 0 Å². The van der Waals surface area contributed by atoms with Gasteiger partial charge in [0.1, 0.15) is 6.61 Å². The molecule has 1 heterocycles. The van der Waals surface area contributed by atoms with Crippen LogP contribution in [0.25, 0.3) is 0 Å². The second-order valence-electron chi connectivity index (χ2n) is 4.04. The lowest BCUT2D eigenvalue weighted by atomic mass is 10.1. The molecule has 1 fully saturated rings. The monoisotopic (exact) mass is 249 g/mol. The van der Waals surface area contributed by atoms with Crippen LogP contribution in [-0.2, 0) is 16.1 Å². The molecule has 1 aliphatic rings. The fourth-order valence-electron chi connectivity index (χ4n) is 1.83. The molecule has 6 heteroatoms. The highest BCUT2D eigenvalue weighted by atomic mass is 16.5. The molecule has 1 aromatic carbocycles. The Morgan fingerprint density at radius 1 is 1.50 bits per heavy atom. The predicted octanol–water partition coefficient (Wildman–Crippen LogP) is -0.351. The van der Waals surface area contributed by atoms with E-state index in [-0.39, 0.29) is 18.4 Å². The predicted molar refractivity (Wildman–Crippen MR) is 64.3 cm³/mol. The van der Waals surface area contributed by atoms with Crippen molar-refractivity contribution in [1.82, 2.24) is 10.3 Å². The number of nitrogen functional groups attached to an aromatic ring is 1. The number of carbonyl (C=O) groups is 2. The highest BCUT2D eigenvalue weighted by Gasteiger charge is 2.18. The number of morpholine rings is 1. The Bertz CT molecular complexity index is 462. The van der Waals surface area contributed by atoms with Gasteiger partial charge in [-0.25, -0.2) is 5.84 Å². The van der Waals surface area contributed by atoms with Gasteiger partial charge < -0.3 is 9.64 Å². The molecule has 1 aliphatic heterocycles. The highest BCUT2D eigenvalue weighted by Crippen LogP contribution is 2.10. The number of hydrogen-bond acceptors (Lipinski definition) is 4. The van der Waals surface area contributed by atoms with Gasteiger partial charge in [-0.15, -0.1) is 0 Å². The van der Waals surface area contributed by atoms with Crippen LogP contribution in [0.5, 0.6) is 0 Å². The first-order valence-electron chi connectivity index (χ1n) is 5.66. The molecular weight excluding hydrogens is 234 g/mol. The minimum atomic E-state index is -0.342. The van der Waals surface area contributed by atoms with Gasteiger partial charge >= 0.3 is 0 Å². The Kier molecular flexibility index (Phi) is 3.91. The zero-order valence-electron chi connectivity index (χ0n) is 9.89. The second kappa shape index (κ2) is 5.61. The maximum absolute atomic E-state index is 11.6. The number of amides is 2. The Morgan fingerprint density at radius 3 is 3.06 bits per heavy atom. The summed E-state index contributed by atoms with van der Waals surface area (Å²) in [5, 5.41) is 0. The zero-order chi connectivity index (χ0) is 13.0. The quantitative estimate of drug-likeness (QED) is 0.435. The first-order valence-corrected chi connectivity index (χ1v) is 5.66. The SMILES string of the molecule is NNC(=O)c1cccc(CN2CCOCC2=O)c1. The molecule has 2 amide bonds. The fraction of sp³-hybridized carbons (Fsp3) is 0.333. The normalized spacial score (nSPS) is 15.6. The summed E-state index contributed by atoms with van der Waals surface area (Å²) in [5.41, 5.74) is 3.46. The van der Waals surface area contributed by atoms with Crippen LogP contribution in [0.1, 0.15) is 15.9 Å². The number of hydrogen-bond donors (Lipinski definition) is 2. The number of hydrazine groups is 1. The Morgan fingerprint density at radius 2 is 2.33 bits per heavy atom. The van der Waals surface area contributed by atoms with Crippen molar-refractivity contribution in [3.63, 3.8) is 0 Å². The van der Waals surface area contributed by atoms with Crippen molar-refractivity contribution >= 4 is 11.8 Å². The molecule has 1 saturated heterocycles. The van der Waals surface area contributed by atoms with Gasteiger partial charge in [-0.05, 0) is 17.7 Å². The number of nitrogens with one attached hydrogen (secondary N) is 1. The summed E-state index contributed by atoms with van der Waals surface area (Å²) >= 11 is 0. The number of ether oxygens (including phenoxy) is 1. The lowest BCUT2D eigenvalue weighted by Gasteiger charge is -2.26. The second-order valence-corrected chi connectivity index (χ2v) is 4.04. The standard InChI is InChI=1S/C12H15N3O3/c13-14-12(17)10-3-1-2-9(6-10)7-15-4-5-18-8-11(15)16/h1-3,6H,4-5,7-8,13H2,(H,14,17). The average molecular weight is 249 g/mol. The molecule has 0 radical (unpaired) electrons. The van der Waals surface area contributed by atoms with E-state index in [1.54, 1.807) is 23.1 Å². The minimum absolute atomic E-state index is 0.0325. The number of carbonyl (C=O) groups excluding carboxylic acids is 2. The number of benzene rings is 1. The summed E-state index contributed by atoms with van der Waals surface area (Å²) < 4.78 is 5.06. The van der Waals surface area contributed by atoms with Crippen molar-refractivity contribution in [3.05, 3.63) is 35.4 Å². The molecule has 96 valence electrons. The first kappa shape index (κ1) is 12.5. The van der Waals surface area contributed by atoms with Crippen molar-refractivity contribution in [3.8, 4) is 0 Å². The summed E-state index contributed by atoms with van der Waals surface area (Å²) in [7, 11) is 0. The molecule has 18 heavy (non-hydrogen) atoms. The van der Waals surface area contributed by atoms with E-state index in [4.69, 9.17) is 10.6 Å². The molecule has 2 rings (SSSR count). The van der Waals surface area contributed by atoms with Crippen LogP contribution >= 0.6 is 0 Å². The van der Waals surface area contributed by atoms with Crippen molar-refractivity contribution < 1.29 is 14.3 Å². The van der Waals surface area contributed by atoms with Crippen LogP contribution in [0.4, 0.5) is 0 Å². The van der Waals surface area contributed by atoms with Gasteiger partial charge in [0.15, 0.2) is 0 Å². The van der Waals surface area contributed by atoms with E-state index in [0.29, 0.717) is 25.3 Å². The van der Waals surface area contributed by atoms with Crippen molar-refractivity contribution in [1.29, 1.82) is 0 Å². The summed E-state index contributed by atoms with van der Waals surface area (Å²) in [6, 6.07) is 7.04. The number of rotatable bonds is 3. The summed E-state index contributed by atoms with van der Waals surface area (Å²) in [5.74, 6) is 4.70. The van der Waals surface area contributed by atoms with Crippen molar-refractivity contribution in [2.75, 3.05) is 19.8 Å². The largest absolute Gasteiger partial charge is 0.370 e. The lowest BCUT2D eigenvalue weighted by molar-refractivity contribution is -0.143. The minimum Gasteiger partial charge on any atom is -0.370 e. The molecule has 6 nitrogen and oxygen atoms in total. The number of nitrogens with two attached hydrogens (primary N) is 1. The van der Waals surface area contributed by atoms with Gasteiger partial charge in [0.2, 0.25) is 5.91 Å². The summed E-state index contributed by atoms with van der Waals surface area (Å²) in [6.45, 7) is 1.73. The summed E-state index contributed by atoms with van der Waals surface area (Å²) in [4.78, 5) is 24.7. The Labute approximate surface area is 105 Å². The van der Waals surface area contributed by atoms with E-state index in [0.717, 1.165) is 5.56 Å². The Balaban J connectivity index is 2.09. The van der Waals surface area contributed by atoms with Gasteiger partial charge in [0.25, 0.3) is 5.91 Å². The van der Waals surface area contributed by atoms with Crippen LogP contribution in [0.15, 0.2) is 24.3 Å². The van der Waals surface area contributed by atoms with Crippen molar-refractivity contribution in [2.45, 2.75) is 6.54 Å². The molecule has 0 aliphatic carbocycles. The smallest absolute Gasteiger partial charge is 0.265 e. The molecule has 0 aromatic heterocycles. The molecule has 0 atom stereocenters. The maximum Gasteiger partial charge on any atom is 0.265 e. The van der Waals surface area contributed by atoms with Crippen LogP contribution < -0.4 is 11.3 Å². The third kappa shape index (κ3) is 2.85. The molecule has 0 saturated carbocycles. The van der Waals surface area contributed by atoms with Crippen LogP contribution in [0, 0.1) is 0 Å². The van der Waals surface area contributed by atoms with Crippen LogP contribution in [0.2, 0.25) is 0 Å². The molecule has 1 aromatic rings. The molecular formula is C12H15N3O3. The van der Waals surface area contributed by atoms with E-state index in [1.807, 2.05) is 6.07 Å². The van der Waals surface area contributed by atoms with Gasteiger partial charge in [0.05, 0.1) is 6.61 Å².